The van der Waals surface area contributed by atoms with Crippen LogP contribution in [0.1, 0.15) is 38.7 Å². The van der Waals surface area contributed by atoms with E-state index in [1.165, 1.54) is 4.88 Å². The second-order valence-corrected chi connectivity index (χ2v) is 9.64. The number of likely N-dealkylation sites (tertiary alicyclic amines) is 2. The van der Waals surface area contributed by atoms with Gasteiger partial charge in [0.2, 0.25) is 0 Å². The number of rotatable bonds is 4. The number of hydrogen-bond donors (Lipinski definition) is 0. The first kappa shape index (κ1) is 19.3. The van der Waals surface area contributed by atoms with Gasteiger partial charge < -0.3 is 9.64 Å². The van der Waals surface area contributed by atoms with Gasteiger partial charge in [-0.25, -0.2) is 14.8 Å². The Bertz CT molecular complexity index is 847. The van der Waals surface area contributed by atoms with Gasteiger partial charge in [0, 0.05) is 43.8 Å². The Balaban J connectivity index is 1.35. The molecule has 1 amide bonds. The molecule has 0 spiro atoms. The van der Waals surface area contributed by atoms with Crippen LogP contribution in [0, 0.1) is 6.92 Å². The quantitative estimate of drug-likeness (QED) is 0.782. The van der Waals surface area contributed by atoms with Crippen molar-refractivity contribution in [3.8, 4) is 10.6 Å². The topological polar surface area (TPSA) is 58.6 Å². The number of thiophene rings is 1. The highest BCUT2D eigenvalue weighted by molar-refractivity contribution is 7.13. The van der Waals surface area contributed by atoms with Crippen LogP contribution in [0.15, 0.2) is 23.6 Å². The molecule has 2 atom stereocenters. The van der Waals surface area contributed by atoms with Crippen molar-refractivity contribution < 1.29 is 9.53 Å². The van der Waals surface area contributed by atoms with Crippen LogP contribution in [-0.2, 0) is 11.2 Å². The van der Waals surface area contributed by atoms with Gasteiger partial charge in [0.1, 0.15) is 11.4 Å². The van der Waals surface area contributed by atoms with E-state index >= 15 is 0 Å². The second-order valence-electron chi connectivity index (χ2n) is 8.69. The minimum Gasteiger partial charge on any atom is -0.444 e. The fourth-order valence-electron chi connectivity index (χ4n) is 4.13. The molecule has 0 aromatic carbocycles. The molecule has 2 aromatic rings. The third-order valence-corrected chi connectivity index (χ3v) is 6.19. The molecule has 6 nitrogen and oxygen atoms in total. The van der Waals surface area contributed by atoms with Crippen molar-refractivity contribution in [2.75, 3.05) is 19.6 Å². The molecule has 0 aliphatic carbocycles. The van der Waals surface area contributed by atoms with E-state index in [0.29, 0.717) is 6.04 Å². The zero-order valence-corrected chi connectivity index (χ0v) is 17.8. The molecule has 150 valence electrons. The van der Waals surface area contributed by atoms with E-state index in [0.717, 1.165) is 49.7 Å². The number of aryl methyl sites for hydroxylation is 1. The van der Waals surface area contributed by atoms with Crippen molar-refractivity contribution in [1.29, 1.82) is 0 Å². The van der Waals surface area contributed by atoms with Crippen LogP contribution in [0.4, 0.5) is 4.79 Å². The van der Waals surface area contributed by atoms with Crippen LogP contribution < -0.4 is 0 Å². The van der Waals surface area contributed by atoms with Crippen LogP contribution in [0.5, 0.6) is 0 Å². The Kier molecular flexibility index (Phi) is 5.14. The molecule has 0 saturated carbocycles. The SMILES string of the molecule is Cc1nc(CCN2C[C@@H]3C[C@H]2CN3C(=O)OC(C)(C)C)cc(-c2cccs2)n1. The highest BCUT2D eigenvalue weighted by Gasteiger charge is 2.46. The summed E-state index contributed by atoms with van der Waals surface area (Å²) in [5.74, 6) is 0.819. The van der Waals surface area contributed by atoms with Crippen molar-refractivity contribution in [3.63, 3.8) is 0 Å². The Labute approximate surface area is 170 Å². The molecule has 0 N–H and O–H groups in total. The summed E-state index contributed by atoms with van der Waals surface area (Å²) in [6.07, 6.45) is 1.77. The minimum atomic E-state index is -0.441. The monoisotopic (exact) mass is 400 g/mol. The number of carbonyl (C=O) groups is 1. The Morgan fingerprint density at radius 2 is 2.11 bits per heavy atom. The molecular weight excluding hydrogens is 372 g/mol. The van der Waals surface area contributed by atoms with Crippen molar-refractivity contribution >= 4 is 17.4 Å². The third-order valence-electron chi connectivity index (χ3n) is 5.30. The summed E-state index contributed by atoms with van der Waals surface area (Å²) in [6, 6.07) is 6.96. The number of piperazine rings is 1. The Morgan fingerprint density at radius 3 is 2.75 bits per heavy atom. The predicted octanol–water partition coefficient (Wildman–Crippen LogP) is 3.75. The lowest BCUT2D eigenvalue weighted by Crippen LogP contribution is -2.50. The van der Waals surface area contributed by atoms with Crippen LogP contribution in [0.2, 0.25) is 0 Å². The summed E-state index contributed by atoms with van der Waals surface area (Å²) >= 11 is 1.70. The zero-order chi connectivity index (χ0) is 19.9. The number of nitrogens with zero attached hydrogens (tertiary/aromatic N) is 4. The summed E-state index contributed by atoms with van der Waals surface area (Å²) in [4.78, 5) is 27.2. The number of carbonyl (C=O) groups excluding carboxylic acids is 1. The van der Waals surface area contributed by atoms with Gasteiger partial charge in [0.05, 0.1) is 10.6 Å². The second kappa shape index (κ2) is 7.44. The molecular formula is C21H28N4O2S. The number of fused-ring (bicyclic) bond motifs is 2. The number of amides is 1. The lowest BCUT2D eigenvalue weighted by molar-refractivity contribution is 0.0130. The van der Waals surface area contributed by atoms with Crippen LogP contribution in [-0.4, -0.2) is 63.2 Å². The smallest absolute Gasteiger partial charge is 0.410 e. The molecule has 2 saturated heterocycles. The first-order valence-electron chi connectivity index (χ1n) is 9.90. The molecule has 2 aliphatic heterocycles. The van der Waals surface area contributed by atoms with E-state index in [1.54, 1.807) is 11.3 Å². The fraction of sp³-hybridized carbons (Fsp3) is 0.571. The highest BCUT2D eigenvalue weighted by Crippen LogP contribution is 2.32. The fourth-order valence-corrected chi connectivity index (χ4v) is 4.82. The van der Waals surface area contributed by atoms with Gasteiger partial charge in [-0.2, -0.15) is 0 Å². The third kappa shape index (κ3) is 4.20. The normalized spacial score (nSPS) is 22.1. The Morgan fingerprint density at radius 1 is 1.29 bits per heavy atom. The molecule has 28 heavy (non-hydrogen) atoms. The molecule has 0 unspecified atom stereocenters. The summed E-state index contributed by atoms with van der Waals surface area (Å²) < 4.78 is 5.55. The molecule has 4 rings (SSSR count). The predicted molar refractivity (Wildman–Crippen MR) is 110 cm³/mol. The van der Waals surface area contributed by atoms with E-state index in [9.17, 15) is 4.79 Å². The van der Waals surface area contributed by atoms with Gasteiger partial charge in [-0.1, -0.05) is 6.07 Å². The van der Waals surface area contributed by atoms with Crippen LogP contribution >= 0.6 is 11.3 Å². The van der Waals surface area contributed by atoms with Crippen LogP contribution in [0.25, 0.3) is 10.6 Å². The molecule has 2 aromatic heterocycles. The number of aromatic nitrogens is 2. The molecule has 0 radical (unpaired) electrons. The number of ether oxygens (including phenoxy) is 1. The maximum atomic E-state index is 12.4. The minimum absolute atomic E-state index is 0.174. The van der Waals surface area contributed by atoms with Crippen molar-refractivity contribution in [3.05, 3.63) is 35.1 Å². The van der Waals surface area contributed by atoms with Gasteiger partial charge in [0.25, 0.3) is 0 Å². The lowest BCUT2D eigenvalue weighted by Gasteiger charge is -2.35. The van der Waals surface area contributed by atoms with Gasteiger partial charge in [-0.05, 0) is 51.6 Å². The largest absolute Gasteiger partial charge is 0.444 e. The summed E-state index contributed by atoms with van der Waals surface area (Å²) in [5.41, 5.74) is 1.66. The zero-order valence-electron chi connectivity index (χ0n) is 17.0. The van der Waals surface area contributed by atoms with Gasteiger partial charge in [0.15, 0.2) is 0 Å². The van der Waals surface area contributed by atoms with Crippen molar-refractivity contribution in [2.24, 2.45) is 0 Å². The first-order valence-corrected chi connectivity index (χ1v) is 10.8. The first-order chi connectivity index (χ1) is 13.3. The van der Waals surface area contributed by atoms with E-state index < -0.39 is 5.60 Å². The lowest BCUT2D eigenvalue weighted by atomic mass is 10.2. The van der Waals surface area contributed by atoms with Crippen LogP contribution in [0.3, 0.4) is 0 Å². The van der Waals surface area contributed by atoms with E-state index in [2.05, 4.69) is 38.4 Å². The van der Waals surface area contributed by atoms with Crippen molar-refractivity contribution in [2.45, 2.75) is 58.2 Å². The van der Waals surface area contributed by atoms with E-state index in [-0.39, 0.29) is 12.1 Å². The maximum absolute atomic E-state index is 12.4. The standard InChI is InChI=1S/C21H28N4O2S/c1-14-22-15(10-18(23-14)19-6-5-9-28-19)7-8-24-12-17-11-16(24)13-25(17)20(26)27-21(2,3)4/h5-6,9-10,16-17H,7-8,11-13H2,1-4H3/t16-,17-/m0/s1. The maximum Gasteiger partial charge on any atom is 0.410 e. The van der Waals surface area contributed by atoms with Gasteiger partial charge in [-0.15, -0.1) is 11.3 Å². The summed E-state index contributed by atoms with van der Waals surface area (Å²) in [5, 5.41) is 2.07. The van der Waals surface area contributed by atoms with Gasteiger partial charge in [-0.3, -0.25) is 4.90 Å². The summed E-state index contributed by atoms with van der Waals surface area (Å²) in [7, 11) is 0. The van der Waals surface area contributed by atoms with Gasteiger partial charge >= 0.3 is 6.09 Å². The molecule has 4 heterocycles. The summed E-state index contributed by atoms with van der Waals surface area (Å²) in [6.45, 7) is 10.4. The molecule has 2 aliphatic rings. The average molecular weight is 401 g/mol. The average Bonchev–Trinajstić information content (AvgIpc) is 3.34. The molecule has 2 bridgehead atoms. The highest BCUT2D eigenvalue weighted by atomic mass is 32.1. The molecule has 2 fully saturated rings. The Hall–Kier alpha value is -1.99. The van der Waals surface area contributed by atoms with E-state index in [4.69, 9.17) is 4.74 Å². The number of hydrogen-bond acceptors (Lipinski definition) is 6. The van der Waals surface area contributed by atoms with E-state index in [1.807, 2.05) is 32.6 Å². The molecule has 7 heteroatoms. The van der Waals surface area contributed by atoms with Crippen molar-refractivity contribution in [1.82, 2.24) is 19.8 Å².